The maximum absolute atomic E-state index is 5.01. The Kier molecular flexibility index (Phi) is 3.92. The van der Waals surface area contributed by atoms with Crippen LogP contribution in [0.15, 0.2) is 116 Å². The van der Waals surface area contributed by atoms with Crippen LogP contribution in [0.1, 0.15) is 11.1 Å². The summed E-state index contributed by atoms with van der Waals surface area (Å²) < 4.78 is 4.63. The molecule has 1 aliphatic carbocycles. The van der Waals surface area contributed by atoms with Crippen LogP contribution in [-0.4, -0.2) is 23.9 Å². The molecule has 0 spiro atoms. The number of rotatable bonds is 1. The second-order valence-electron chi connectivity index (χ2n) is 11.0. The minimum Gasteiger partial charge on any atom is -0.309 e. The number of hydrogen-bond donors (Lipinski definition) is 0. The highest BCUT2D eigenvalue weighted by Gasteiger charge is 2.25. The van der Waals surface area contributed by atoms with Crippen molar-refractivity contribution in [1.82, 2.24) is 23.9 Å². The monoisotopic (exact) mass is 523 g/mol. The fraction of sp³-hybridized carbons (Fsp3) is 0.0278. The van der Waals surface area contributed by atoms with Gasteiger partial charge in [0, 0.05) is 45.8 Å². The molecule has 0 aliphatic heterocycles. The smallest absolute Gasteiger partial charge is 0.178 e. The van der Waals surface area contributed by atoms with Gasteiger partial charge >= 0.3 is 0 Å². The van der Waals surface area contributed by atoms with Crippen molar-refractivity contribution in [3.63, 3.8) is 0 Å². The second kappa shape index (κ2) is 7.55. The molecule has 9 aromatic rings. The summed E-state index contributed by atoms with van der Waals surface area (Å²) in [6, 6.07) is 35.1. The second-order valence-corrected chi connectivity index (χ2v) is 11.0. The molecular weight excluding hydrogens is 502 g/mol. The molecule has 0 unspecified atom stereocenters. The summed E-state index contributed by atoms with van der Waals surface area (Å²) in [5.74, 6) is 0. The van der Waals surface area contributed by atoms with E-state index in [1.54, 1.807) is 0 Å². The molecule has 0 saturated carbocycles. The summed E-state index contributed by atoms with van der Waals surface area (Å²) in [5.41, 5.74) is 12.8. The maximum atomic E-state index is 5.01. The number of para-hydroxylation sites is 2. The molecule has 4 aromatic carbocycles. The summed E-state index contributed by atoms with van der Waals surface area (Å²) in [5, 5.41) is 6.01. The average Bonchev–Trinajstić information content (AvgIpc) is 3.69. The van der Waals surface area contributed by atoms with Crippen molar-refractivity contribution in [2.24, 2.45) is 0 Å². The van der Waals surface area contributed by atoms with Crippen LogP contribution in [-0.2, 0) is 6.42 Å². The third-order valence-corrected chi connectivity index (χ3v) is 8.83. The van der Waals surface area contributed by atoms with Gasteiger partial charge in [0.2, 0.25) is 0 Å². The Morgan fingerprint density at radius 3 is 2.29 bits per heavy atom. The molecule has 0 N–H and O–H groups in total. The fourth-order valence-electron chi connectivity index (χ4n) is 7.09. The summed E-state index contributed by atoms with van der Waals surface area (Å²) in [7, 11) is 0. The van der Waals surface area contributed by atoms with Crippen LogP contribution in [0, 0.1) is 0 Å². The Labute approximate surface area is 234 Å². The highest BCUT2D eigenvalue weighted by atomic mass is 15.1. The Bertz CT molecular complexity index is 2550. The van der Waals surface area contributed by atoms with E-state index in [0.717, 1.165) is 39.5 Å². The third kappa shape index (κ3) is 2.72. The van der Waals surface area contributed by atoms with Crippen molar-refractivity contribution in [1.29, 1.82) is 0 Å². The van der Waals surface area contributed by atoms with Gasteiger partial charge in [-0.05, 0) is 94.7 Å². The first kappa shape index (κ1) is 21.3. The normalized spacial score (nSPS) is 12.8. The topological polar surface area (TPSA) is 48.0 Å². The van der Waals surface area contributed by atoms with Gasteiger partial charge in [0.25, 0.3) is 0 Å². The lowest BCUT2D eigenvalue weighted by Gasteiger charge is -2.11. The summed E-state index contributed by atoms with van der Waals surface area (Å²) in [4.78, 5) is 14.1. The molecule has 0 amide bonds. The molecule has 5 heteroatoms. The van der Waals surface area contributed by atoms with Crippen molar-refractivity contribution < 1.29 is 0 Å². The van der Waals surface area contributed by atoms with E-state index < -0.39 is 0 Å². The Morgan fingerprint density at radius 1 is 0.561 bits per heavy atom. The number of imidazole rings is 1. The third-order valence-electron chi connectivity index (χ3n) is 8.83. The minimum atomic E-state index is 0.762. The van der Waals surface area contributed by atoms with Crippen LogP contribution < -0.4 is 0 Å². The Balaban J connectivity index is 1.31. The molecular formula is C36H21N5. The summed E-state index contributed by atoms with van der Waals surface area (Å²) in [6.07, 6.45) is 6.55. The van der Waals surface area contributed by atoms with Crippen molar-refractivity contribution in [2.45, 2.75) is 6.42 Å². The van der Waals surface area contributed by atoms with E-state index in [-0.39, 0.29) is 0 Å². The van der Waals surface area contributed by atoms with Gasteiger partial charge in [-0.3, -0.25) is 9.38 Å². The molecule has 0 saturated heterocycles. The minimum absolute atomic E-state index is 0.762. The van der Waals surface area contributed by atoms with E-state index in [1.165, 1.54) is 55.1 Å². The summed E-state index contributed by atoms with van der Waals surface area (Å²) in [6.45, 7) is 0. The zero-order valence-electron chi connectivity index (χ0n) is 21.9. The molecule has 0 bridgehead atoms. The van der Waals surface area contributed by atoms with E-state index in [1.807, 2.05) is 24.7 Å². The lowest BCUT2D eigenvalue weighted by Crippen LogP contribution is -1.94. The zero-order valence-corrected chi connectivity index (χ0v) is 21.9. The SMILES string of the molecule is c1ccc(-n2c3ccccc3c3cc4c(cc32)-c2cc3c5cnccc5n5c6cccnc6nc5c3cc2C4)cc1. The number of hydrogen-bond acceptors (Lipinski definition) is 3. The first-order chi connectivity index (χ1) is 20.3. The molecule has 0 atom stereocenters. The van der Waals surface area contributed by atoms with Crippen LogP contribution in [0.5, 0.6) is 0 Å². The fourth-order valence-corrected chi connectivity index (χ4v) is 7.09. The van der Waals surface area contributed by atoms with Gasteiger partial charge < -0.3 is 4.57 Å². The van der Waals surface area contributed by atoms with E-state index in [4.69, 9.17) is 4.98 Å². The first-order valence-electron chi connectivity index (χ1n) is 13.9. The van der Waals surface area contributed by atoms with Gasteiger partial charge in [0.1, 0.15) is 5.65 Å². The van der Waals surface area contributed by atoms with Gasteiger partial charge in [-0.2, -0.15) is 0 Å². The number of pyridine rings is 3. The van der Waals surface area contributed by atoms with E-state index in [9.17, 15) is 0 Å². The Morgan fingerprint density at radius 2 is 1.37 bits per heavy atom. The van der Waals surface area contributed by atoms with E-state index in [0.29, 0.717) is 0 Å². The molecule has 5 aromatic heterocycles. The van der Waals surface area contributed by atoms with Gasteiger partial charge in [0.05, 0.1) is 22.1 Å². The van der Waals surface area contributed by atoms with Crippen molar-refractivity contribution in [3.05, 3.63) is 127 Å². The lowest BCUT2D eigenvalue weighted by molar-refractivity contribution is 1.18. The molecule has 5 heterocycles. The lowest BCUT2D eigenvalue weighted by atomic mass is 9.98. The predicted molar refractivity (Wildman–Crippen MR) is 166 cm³/mol. The molecule has 10 rings (SSSR count). The van der Waals surface area contributed by atoms with Crippen LogP contribution in [0.4, 0.5) is 0 Å². The maximum Gasteiger partial charge on any atom is 0.178 e. The molecule has 0 radical (unpaired) electrons. The standard InChI is InChI=1S/C36H21N5/c1-2-7-23(8-3-1)40-31-10-5-4-9-24(31)28-16-21-15-22-17-29-27(18-25(22)26(21)19-34(28)40)30-20-37-14-12-32(30)41-33-11-6-13-38-35(33)39-36(29)41/h1-14,16-20H,15H2. The molecule has 190 valence electrons. The van der Waals surface area contributed by atoms with Crippen LogP contribution in [0.3, 0.4) is 0 Å². The van der Waals surface area contributed by atoms with Gasteiger partial charge in [-0.15, -0.1) is 0 Å². The summed E-state index contributed by atoms with van der Waals surface area (Å²) >= 11 is 0. The highest BCUT2D eigenvalue weighted by molar-refractivity contribution is 6.16. The predicted octanol–water partition coefficient (Wildman–Crippen LogP) is 8.25. The molecule has 0 fully saturated rings. The van der Waals surface area contributed by atoms with Crippen molar-refractivity contribution >= 4 is 60.3 Å². The number of benzene rings is 4. The van der Waals surface area contributed by atoms with Gasteiger partial charge in [-0.25, -0.2) is 9.97 Å². The average molecular weight is 524 g/mol. The largest absolute Gasteiger partial charge is 0.309 e. The van der Waals surface area contributed by atoms with E-state index >= 15 is 0 Å². The quantitative estimate of drug-likeness (QED) is 0.204. The number of aromatic nitrogens is 5. The molecule has 1 aliphatic rings. The van der Waals surface area contributed by atoms with Gasteiger partial charge in [0.15, 0.2) is 5.65 Å². The van der Waals surface area contributed by atoms with Crippen LogP contribution in [0.2, 0.25) is 0 Å². The molecule has 41 heavy (non-hydrogen) atoms. The van der Waals surface area contributed by atoms with Crippen LogP contribution >= 0.6 is 0 Å². The van der Waals surface area contributed by atoms with E-state index in [2.05, 4.69) is 110 Å². The first-order valence-corrected chi connectivity index (χ1v) is 13.9. The highest BCUT2D eigenvalue weighted by Crippen LogP contribution is 2.45. The zero-order chi connectivity index (χ0) is 26.7. The van der Waals surface area contributed by atoms with Crippen LogP contribution in [0.25, 0.3) is 77.1 Å². The molecule has 5 nitrogen and oxygen atoms in total. The van der Waals surface area contributed by atoms with Crippen molar-refractivity contribution in [3.8, 4) is 16.8 Å². The van der Waals surface area contributed by atoms with Gasteiger partial charge in [-0.1, -0.05) is 36.4 Å². The van der Waals surface area contributed by atoms with Crippen molar-refractivity contribution in [2.75, 3.05) is 0 Å². The number of fused-ring (bicyclic) bond motifs is 14. The Hall–Kier alpha value is -5.55. The number of nitrogens with zero attached hydrogens (tertiary/aromatic N) is 5.